The van der Waals surface area contributed by atoms with Crippen molar-refractivity contribution in [3.05, 3.63) is 103 Å². The van der Waals surface area contributed by atoms with E-state index in [1.54, 1.807) is 0 Å². The van der Waals surface area contributed by atoms with Gasteiger partial charge in [0, 0.05) is 35.4 Å². The van der Waals surface area contributed by atoms with Crippen molar-refractivity contribution in [1.82, 2.24) is 14.5 Å². The molecule has 2 N–H and O–H groups in total. The number of carbonyl (C=O) groups excluding carboxylic acids is 1. The van der Waals surface area contributed by atoms with Crippen molar-refractivity contribution in [3.8, 4) is 0 Å². The second kappa shape index (κ2) is 8.91. The van der Waals surface area contributed by atoms with Crippen molar-refractivity contribution in [2.45, 2.75) is 13.0 Å². The SMILES string of the molecule is O=C(CCn1c2ccccc2c2nc3ccccc3nc21)Nc1ccc(Nc2ccccc2)cc1. The number of nitrogens with zero attached hydrogens (tertiary/aromatic N) is 3. The highest BCUT2D eigenvalue weighted by molar-refractivity contribution is 6.06. The number of hydrogen-bond donors (Lipinski definition) is 2. The van der Waals surface area contributed by atoms with E-state index in [0.29, 0.717) is 13.0 Å². The molecule has 0 unspecified atom stereocenters. The van der Waals surface area contributed by atoms with E-state index in [9.17, 15) is 4.79 Å². The van der Waals surface area contributed by atoms with Gasteiger partial charge in [0.2, 0.25) is 5.91 Å². The van der Waals surface area contributed by atoms with Gasteiger partial charge in [-0.2, -0.15) is 0 Å². The molecule has 0 saturated heterocycles. The number of hydrogen-bond acceptors (Lipinski definition) is 4. The number of amides is 1. The first-order valence-corrected chi connectivity index (χ1v) is 11.6. The fourth-order valence-corrected chi connectivity index (χ4v) is 4.37. The third-order valence-corrected chi connectivity index (χ3v) is 6.05. The standard InChI is InChI=1S/C29H23N5O/c35-27(31-22-16-14-21(15-17-22)30-20-8-2-1-3-9-20)18-19-34-26-13-7-4-10-23(26)28-29(34)33-25-12-6-5-11-24(25)32-28/h1-17,30H,18-19H2,(H,31,35). The van der Waals surface area contributed by atoms with Crippen LogP contribution in [-0.2, 0) is 11.3 Å². The van der Waals surface area contributed by atoms with Gasteiger partial charge >= 0.3 is 0 Å². The molecular weight excluding hydrogens is 434 g/mol. The van der Waals surface area contributed by atoms with Gasteiger partial charge in [-0.05, 0) is 54.6 Å². The molecule has 0 spiro atoms. The minimum atomic E-state index is -0.0477. The highest BCUT2D eigenvalue weighted by Crippen LogP contribution is 2.28. The summed E-state index contributed by atoms with van der Waals surface area (Å²) in [6.45, 7) is 0.510. The summed E-state index contributed by atoms with van der Waals surface area (Å²) in [4.78, 5) is 22.5. The number of fused-ring (bicyclic) bond motifs is 4. The number of para-hydroxylation sites is 4. The van der Waals surface area contributed by atoms with Crippen molar-refractivity contribution in [2.75, 3.05) is 10.6 Å². The van der Waals surface area contributed by atoms with Gasteiger partial charge in [-0.3, -0.25) is 4.79 Å². The lowest BCUT2D eigenvalue weighted by atomic mass is 10.2. The average Bonchev–Trinajstić information content (AvgIpc) is 3.20. The normalized spacial score (nSPS) is 11.2. The van der Waals surface area contributed by atoms with Crippen LogP contribution in [-0.4, -0.2) is 20.4 Å². The summed E-state index contributed by atoms with van der Waals surface area (Å²) in [5.41, 5.74) is 7.15. The van der Waals surface area contributed by atoms with Gasteiger partial charge in [-0.25, -0.2) is 9.97 Å². The quantitative estimate of drug-likeness (QED) is 0.299. The molecule has 0 radical (unpaired) electrons. The molecule has 0 aliphatic carbocycles. The summed E-state index contributed by atoms with van der Waals surface area (Å²) < 4.78 is 2.09. The molecule has 4 aromatic carbocycles. The molecule has 0 atom stereocenters. The van der Waals surface area contributed by atoms with Crippen LogP contribution in [0.3, 0.4) is 0 Å². The number of rotatable bonds is 6. The number of aromatic nitrogens is 3. The van der Waals surface area contributed by atoms with Crippen molar-refractivity contribution >= 4 is 56.1 Å². The highest BCUT2D eigenvalue weighted by atomic mass is 16.1. The molecule has 35 heavy (non-hydrogen) atoms. The molecular formula is C29H23N5O. The lowest BCUT2D eigenvalue weighted by molar-refractivity contribution is -0.116. The molecule has 6 heteroatoms. The van der Waals surface area contributed by atoms with Gasteiger partial charge in [-0.1, -0.05) is 48.5 Å². The maximum Gasteiger partial charge on any atom is 0.226 e. The predicted octanol–water partition coefficient (Wildman–Crippen LogP) is 6.51. The Morgan fingerprint density at radius 2 is 1.31 bits per heavy atom. The smallest absolute Gasteiger partial charge is 0.226 e. The van der Waals surface area contributed by atoms with Crippen LogP contribution < -0.4 is 10.6 Å². The summed E-state index contributed by atoms with van der Waals surface area (Å²) in [5, 5.41) is 7.40. The third kappa shape index (κ3) is 4.17. The monoisotopic (exact) mass is 457 g/mol. The number of aryl methyl sites for hydroxylation is 1. The Hall–Kier alpha value is -4.71. The average molecular weight is 458 g/mol. The number of carbonyl (C=O) groups is 1. The molecule has 6 nitrogen and oxygen atoms in total. The van der Waals surface area contributed by atoms with Gasteiger partial charge in [0.05, 0.1) is 16.6 Å². The Morgan fingerprint density at radius 3 is 2.11 bits per heavy atom. The molecule has 2 heterocycles. The summed E-state index contributed by atoms with van der Waals surface area (Å²) in [6, 6.07) is 33.7. The van der Waals surface area contributed by atoms with Crippen LogP contribution in [0, 0.1) is 0 Å². The van der Waals surface area contributed by atoms with Crippen LogP contribution >= 0.6 is 0 Å². The van der Waals surface area contributed by atoms with Gasteiger partial charge in [0.25, 0.3) is 0 Å². The maximum atomic E-state index is 12.8. The summed E-state index contributed by atoms with van der Waals surface area (Å²) in [5.74, 6) is -0.0477. The third-order valence-electron chi connectivity index (χ3n) is 6.05. The van der Waals surface area contributed by atoms with Gasteiger partial charge < -0.3 is 15.2 Å². The Morgan fingerprint density at radius 1 is 0.686 bits per heavy atom. The van der Waals surface area contributed by atoms with Crippen LogP contribution in [0.15, 0.2) is 103 Å². The number of benzene rings is 4. The molecule has 6 aromatic rings. The Balaban J connectivity index is 1.20. The lowest BCUT2D eigenvalue weighted by Crippen LogP contribution is -2.14. The molecule has 6 rings (SSSR count). The highest BCUT2D eigenvalue weighted by Gasteiger charge is 2.15. The van der Waals surface area contributed by atoms with Gasteiger partial charge in [0.1, 0.15) is 5.52 Å². The van der Waals surface area contributed by atoms with Gasteiger partial charge in [0.15, 0.2) is 5.65 Å². The molecule has 1 amide bonds. The van der Waals surface area contributed by atoms with E-state index >= 15 is 0 Å². The van der Waals surface area contributed by atoms with Crippen molar-refractivity contribution in [1.29, 1.82) is 0 Å². The largest absolute Gasteiger partial charge is 0.356 e. The molecule has 170 valence electrons. The van der Waals surface area contributed by atoms with E-state index in [0.717, 1.165) is 50.2 Å². The first kappa shape index (κ1) is 20.9. The first-order valence-electron chi connectivity index (χ1n) is 11.6. The van der Waals surface area contributed by atoms with Gasteiger partial charge in [-0.15, -0.1) is 0 Å². The van der Waals surface area contributed by atoms with Crippen molar-refractivity contribution < 1.29 is 4.79 Å². The minimum Gasteiger partial charge on any atom is -0.356 e. The van der Waals surface area contributed by atoms with Crippen LogP contribution in [0.4, 0.5) is 17.1 Å². The lowest BCUT2D eigenvalue weighted by Gasteiger charge is -2.10. The number of nitrogens with one attached hydrogen (secondary N) is 2. The molecule has 0 fully saturated rings. The van der Waals surface area contributed by atoms with E-state index < -0.39 is 0 Å². The minimum absolute atomic E-state index is 0.0477. The summed E-state index contributed by atoms with van der Waals surface area (Å²) >= 11 is 0. The van der Waals surface area contributed by atoms with E-state index in [1.807, 2.05) is 91.0 Å². The Labute approximate surface area is 202 Å². The molecule has 0 aliphatic rings. The summed E-state index contributed by atoms with van der Waals surface area (Å²) in [6.07, 6.45) is 0.326. The van der Waals surface area contributed by atoms with Crippen LogP contribution in [0.2, 0.25) is 0 Å². The molecule has 0 saturated carbocycles. The fraction of sp³-hybridized carbons (Fsp3) is 0.0690. The Kier molecular flexibility index (Phi) is 5.31. The van der Waals surface area contributed by atoms with Crippen molar-refractivity contribution in [2.24, 2.45) is 0 Å². The zero-order valence-corrected chi connectivity index (χ0v) is 19.0. The molecule has 2 aromatic heterocycles. The van der Waals surface area contributed by atoms with E-state index in [4.69, 9.17) is 9.97 Å². The zero-order valence-electron chi connectivity index (χ0n) is 19.0. The molecule has 0 aliphatic heterocycles. The second-order valence-electron chi connectivity index (χ2n) is 8.42. The first-order chi connectivity index (χ1) is 17.2. The fourth-order valence-electron chi connectivity index (χ4n) is 4.37. The topological polar surface area (TPSA) is 71.8 Å². The Bertz CT molecular complexity index is 1660. The van der Waals surface area contributed by atoms with Crippen LogP contribution in [0.5, 0.6) is 0 Å². The second-order valence-corrected chi connectivity index (χ2v) is 8.42. The van der Waals surface area contributed by atoms with Crippen molar-refractivity contribution in [3.63, 3.8) is 0 Å². The molecule has 0 bridgehead atoms. The maximum absolute atomic E-state index is 12.8. The summed E-state index contributed by atoms with van der Waals surface area (Å²) in [7, 11) is 0. The van der Waals surface area contributed by atoms with E-state index in [-0.39, 0.29) is 5.91 Å². The predicted molar refractivity (Wildman–Crippen MR) is 142 cm³/mol. The van der Waals surface area contributed by atoms with Crippen LogP contribution in [0.25, 0.3) is 33.1 Å². The number of anilines is 3. The van der Waals surface area contributed by atoms with E-state index in [2.05, 4.69) is 27.3 Å². The van der Waals surface area contributed by atoms with Crippen LogP contribution in [0.1, 0.15) is 6.42 Å². The zero-order chi connectivity index (χ0) is 23.6. The van der Waals surface area contributed by atoms with E-state index in [1.165, 1.54) is 0 Å².